The maximum atomic E-state index is 11.0. The van der Waals surface area contributed by atoms with Crippen molar-refractivity contribution in [2.45, 2.75) is 0 Å². The smallest absolute Gasteiger partial charge is 0.263 e. The average Bonchev–Trinajstić information content (AvgIpc) is 2.25. The third-order valence-corrected chi connectivity index (χ3v) is 1.66. The van der Waals surface area contributed by atoms with Gasteiger partial charge in [0.15, 0.2) is 0 Å². The van der Waals surface area contributed by atoms with E-state index in [1.165, 1.54) is 6.08 Å². The highest BCUT2D eigenvalue weighted by Crippen LogP contribution is 2.05. The van der Waals surface area contributed by atoms with Crippen LogP contribution < -0.4 is 5.43 Å². The van der Waals surface area contributed by atoms with Crippen LogP contribution in [-0.2, 0) is 4.79 Å². The second kappa shape index (κ2) is 2.73. The fraction of sp³-hybridized carbons (Fsp3) is 0.125. The molecule has 2 aliphatic heterocycles. The predicted octanol–water partition coefficient (Wildman–Crippen LogP) is 0.147. The first-order valence-corrected chi connectivity index (χ1v) is 3.74. The van der Waals surface area contributed by atoms with Crippen molar-refractivity contribution in [1.82, 2.24) is 15.6 Å². The maximum Gasteiger partial charge on any atom is 0.263 e. The monoisotopic (exact) mass is 163 g/mol. The number of hydrogen-bond acceptors (Lipinski definition) is 3. The van der Waals surface area contributed by atoms with Crippen molar-refractivity contribution in [2.75, 3.05) is 6.54 Å². The van der Waals surface area contributed by atoms with Gasteiger partial charge in [-0.2, -0.15) is 5.12 Å². The Hall–Kier alpha value is -1.71. The van der Waals surface area contributed by atoms with Gasteiger partial charge in [0.05, 0.1) is 6.54 Å². The molecule has 2 heterocycles. The second-order valence-corrected chi connectivity index (χ2v) is 2.53. The Kier molecular flexibility index (Phi) is 1.59. The zero-order chi connectivity index (χ0) is 8.39. The minimum absolute atomic E-state index is 0.0996. The van der Waals surface area contributed by atoms with Crippen molar-refractivity contribution in [2.24, 2.45) is 0 Å². The first kappa shape index (κ1) is 6.97. The molecular weight excluding hydrogens is 154 g/mol. The highest BCUT2D eigenvalue weighted by molar-refractivity contribution is 5.87. The molecule has 4 nitrogen and oxygen atoms in total. The van der Waals surface area contributed by atoms with Gasteiger partial charge >= 0.3 is 0 Å². The number of hydrogen-bond donors (Lipinski definition) is 1. The number of hydrazine groups is 2. The van der Waals surface area contributed by atoms with Crippen molar-refractivity contribution in [3.63, 3.8) is 0 Å². The molecule has 0 bridgehead atoms. The number of nitrogens with one attached hydrogen (secondary N) is 1. The average molecular weight is 163 g/mol. The Morgan fingerprint density at radius 1 is 1.33 bits per heavy atom. The van der Waals surface area contributed by atoms with Crippen molar-refractivity contribution in [3.8, 4) is 0 Å². The topological polar surface area (TPSA) is 35.6 Å². The Morgan fingerprint density at radius 3 is 3.08 bits per heavy atom. The van der Waals surface area contributed by atoms with E-state index in [1.54, 1.807) is 11.3 Å². The molecule has 2 rings (SSSR count). The summed E-state index contributed by atoms with van der Waals surface area (Å²) in [5.41, 5.74) is 2.68. The fourth-order valence-electron chi connectivity index (χ4n) is 1.11. The van der Waals surface area contributed by atoms with Crippen LogP contribution in [0.15, 0.2) is 36.7 Å². The number of rotatable bonds is 0. The van der Waals surface area contributed by atoms with E-state index < -0.39 is 0 Å². The molecule has 0 saturated heterocycles. The van der Waals surface area contributed by atoms with Crippen molar-refractivity contribution in [1.29, 1.82) is 0 Å². The molecular formula is C8H9N3O. The SMILES string of the molecule is O=C1C=CCN2C=CC=CN2N1. The lowest BCUT2D eigenvalue weighted by Gasteiger charge is -2.31. The van der Waals surface area contributed by atoms with E-state index in [2.05, 4.69) is 5.43 Å². The molecule has 0 fully saturated rings. The molecule has 1 amide bonds. The molecule has 0 aliphatic carbocycles. The quantitative estimate of drug-likeness (QED) is 0.552. The van der Waals surface area contributed by atoms with Gasteiger partial charge in [-0.05, 0) is 12.2 Å². The Balaban J connectivity index is 2.19. The number of amides is 1. The lowest BCUT2D eigenvalue weighted by molar-refractivity contribution is -0.124. The highest BCUT2D eigenvalue weighted by atomic mass is 16.2. The third kappa shape index (κ3) is 1.18. The van der Waals surface area contributed by atoms with E-state index in [0.717, 1.165) is 0 Å². The van der Waals surface area contributed by atoms with E-state index in [0.29, 0.717) is 6.54 Å². The van der Waals surface area contributed by atoms with Gasteiger partial charge in [0, 0.05) is 18.5 Å². The molecule has 0 radical (unpaired) electrons. The molecule has 0 saturated carbocycles. The minimum atomic E-state index is -0.0996. The Bertz CT molecular complexity index is 280. The minimum Gasteiger partial charge on any atom is -0.271 e. The summed E-state index contributed by atoms with van der Waals surface area (Å²) in [6.45, 7) is 0.708. The molecule has 62 valence electrons. The van der Waals surface area contributed by atoms with Gasteiger partial charge < -0.3 is 0 Å². The zero-order valence-electron chi connectivity index (χ0n) is 6.47. The van der Waals surface area contributed by atoms with Crippen LogP contribution in [0.2, 0.25) is 0 Å². The second-order valence-electron chi connectivity index (χ2n) is 2.53. The first-order chi connectivity index (χ1) is 5.86. The zero-order valence-corrected chi connectivity index (χ0v) is 6.47. The summed E-state index contributed by atoms with van der Waals surface area (Å²) in [5.74, 6) is -0.0996. The van der Waals surface area contributed by atoms with Crippen LogP contribution in [0.5, 0.6) is 0 Å². The van der Waals surface area contributed by atoms with Gasteiger partial charge in [-0.25, -0.2) is 5.43 Å². The fourth-order valence-corrected chi connectivity index (χ4v) is 1.11. The molecule has 12 heavy (non-hydrogen) atoms. The maximum absolute atomic E-state index is 11.0. The van der Waals surface area contributed by atoms with Gasteiger partial charge in [0.25, 0.3) is 5.91 Å². The molecule has 2 aliphatic rings. The van der Waals surface area contributed by atoms with Crippen LogP contribution in [0.4, 0.5) is 0 Å². The number of carbonyl (C=O) groups is 1. The number of nitrogens with zero attached hydrogens (tertiary/aromatic N) is 2. The lowest BCUT2D eigenvalue weighted by Crippen LogP contribution is -2.46. The van der Waals surface area contributed by atoms with E-state index in [-0.39, 0.29) is 5.91 Å². The van der Waals surface area contributed by atoms with Gasteiger partial charge in [-0.3, -0.25) is 9.80 Å². The lowest BCUT2D eigenvalue weighted by atomic mass is 10.4. The summed E-state index contributed by atoms with van der Waals surface area (Å²) in [6, 6.07) is 0. The number of fused-ring (bicyclic) bond motifs is 1. The standard InChI is InChI=1S/C8H9N3O/c12-8-4-3-6-10-5-1-2-7-11(10)9-8/h1-5,7H,6H2,(H,9,12). The summed E-state index contributed by atoms with van der Waals surface area (Å²) in [4.78, 5) is 11.0. The summed E-state index contributed by atoms with van der Waals surface area (Å²) in [6.07, 6.45) is 10.8. The van der Waals surface area contributed by atoms with Gasteiger partial charge in [0.2, 0.25) is 0 Å². The van der Waals surface area contributed by atoms with Crippen molar-refractivity contribution in [3.05, 3.63) is 36.7 Å². The number of carbonyl (C=O) groups excluding carboxylic acids is 1. The number of allylic oxidation sites excluding steroid dienone is 2. The van der Waals surface area contributed by atoms with Crippen molar-refractivity contribution >= 4 is 5.91 Å². The van der Waals surface area contributed by atoms with Crippen molar-refractivity contribution < 1.29 is 4.79 Å². The van der Waals surface area contributed by atoms with E-state index in [1.807, 2.05) is 29.4 Å². The normalized spacial score (nSPS) is 20.5. The summed E-state index contributed by atoms with van der Waals surface area (Å²) in [5, 5.41) is 3.55. The van der Waals surface area contributed by atoms with E-state index in [9.17, 15) is 4.79 Å². The van der Waals surface area contributed by atoms with E-state index in [4.69, 9.17) is 0 Å². The molecule has 0 spiro atoms. The Labute approximate surface area is 70.4 Å². The van der Waals surface area contributed by atoms with E-state index >= 15 is 0 Å². The summed E-state index contributed by atoms with van der Waals surface area (Å²) in [7, 11) is 0. The molecule has 0 aromatic carbocycles. The molecule has 0 atom stereocenters. The summed E-state index contributed by atoms with van der Waals surface area (Å²) < 4.78 is 0. The van der Waals surface area contributed by atoms with Crippen LogP contribution in [0, 0.1) is 0 Å². The predicted molar refractivity (Wildman–Crippen MR) is 44.1 cm³/mol. The Morgan fingerprint density at radius 2 is 2.17 bits per heavy atom. The first-order valence-electron chi connectivity index (χ1n) is 3.74. The van der Waals surface area contributed by atoms with Crippen LogP contribution in [0.1, 0.15) is 0 Å². The van der Waals surface area contributed by atoms with Gasteiger partial charge in [0.1, 0.15) is 0 Å². The molecule has 0 aromatic heterocycles. The molecule has 0 unspecified atom stereocenters. The molecule has 4 heteroatoms. The van der Waals surface area contributed by atoms with Gasteiger partial charge in [-0.15, -0.1) is 0 Å². The highest BCUT2D eigenvalue weighted by Gasteiger charge is 2.13. The molecule has 1 N–H and O–H groups in total. The third-order valence-electron chi connectivity index (χ3n) is 1.66. The summed E-state index contributed by atoms with van der Waals surface area (Å²) >= 11 is 0. The van der Waals surface area contributed by atoms with Crippen LogP contribution in [0.3, 0.4) is 0 Å². The van der Waals surface area contributed by atoms with Crippen LogP contribution in [0.25, 0.3) is 0 Å². The molecule has 0 aromatic rings. The van der Waals surface area contributed by atoms with Crippen LogP contribution >= 0.6 is 0 Å². The van der Waals surface area contributed by atoms with Gasteiger partial charge in [-0.1, -0.05) is 6.08 Å². The largest absolute Gasteiger partial charge is 0.271 e. The van der Waals surface area contributed by atoms with Crippen LogP contribution in [-0.4, -0.2) is 22.6 Å².